The Bertz CT molecular complexity index is 706. The zero-order valence-corrected chi connectivity index (χ0v) is 13.7. The first-order valence-electron chi connectivity index (χ1n) is 8.23. The second kappa shape index (κ2) is 8.07. The Kier molecular flexibility index (Phi) is 5.60. The summed E-state index contributed by atoms with van der Waals surface area (Å²) in [6.45, 7) is -2.03. The van der Waals surface area contributed by atoms with Crippen LogP contribution in [0.1, 0.15) is 18.4 Å². The molecule has 0 radical (unpaired) electrons. The van der Waals surface area contributed by atoms with Crippen LogP contribution in [0.15, 0.2) is 54.6 Å². The van der Waals surface area contributed by atoms with Crippen molar-refractivity contribution in [2.24, 2.45) is 0 Å². The number of carbonyl (C=O) groups is 1. The first-order chi connectivity index (χ1) is 12.1. The Balaban J connectivity index is 1.63. The van der Waals surface area contributed by atoms with E-state index in [4.69, 9.17) is 0 Å². The molecule has 1 fully saturated rings. The SMILES string of the molecule is O=C(CN(Cc1ccccc1)C1CC1)Nc1ccccc1OC(F)F. The normalized spacial score (nSPS) is 13.9. The molecule has 0 heterocycles. The van der Waals surface area contributed by atoms with Gasteiger partial charge in [-0.1, -0.05) is 42.5 Å². The summed E-state index contributed by atoms with van der Waals surface area (Å²) in [7, 11) is 0. The Morgan fingerprint density at radius 2 is 1.80 bits per heavy atom. The second-order valence-electron chi connectivity index (χ2n) is 6.04. The predicted octanol–water partition coefficient (Wildman–Crippen LogP) is 3.89. The van der Waals surface area contributed by atoms with E-state index in [1.54, 1.807) is 18.2 Å². The van der Waals surface area contributed by atoms with Crippen molar-refractivity contribution in [2.75, 3.05) is 11.9 Å². The van der Waals surface area contributed by atoms with Gasteiger partial charge in [0.1, 0.15) is 5.75 Å². The highest BCUT2D eigenvalue weighted by atomic mass is 19.3. The van der Waals surface area contributed by atoms with Gasteiger partial charge in [0.25, 0.3) is 0 Å². The van der Waals surface area contributed by atoms with Gasteiger partial charge in [0.2, 0.25) is 5.91 Å². The average Bonchev–Trinajstić information content (AvgIpc) is 3.41. The van der Waals surface area contributed by atoms with Crippen LogP contribution in [0.4, 0.5) is 14.5 Å². The number of rotatable bonds is 8. The Morgan fingerprint density at radius 3 is 2.48 bits per heavy atom. The fourth-order valence-electron chi connectivity index (χ4n) is 2.71. The van der Waals surface area contributed by atoms with Gasteiger partial charge in [0.15, 0.2) is 0 Å². The van der Waals surface area contributed by atoms with Crippen molar-refractivity contribution in [3.05, 3.63) is 60.2 Å². The lowest BCUT2D eigenvalue weighted by Crippen LogP contribution is -2.34. The molecule has 0 aliphatic heterocycles. The topological polar surface area (TPSA) is 41.6 Å². The molecule has 3 rings (SSSR count). The van der Waals surface area contributed by atoms with Gasteiger partial charge in [-0.2, -0.15) is 8.78 Å². The van der Waals surface area contributed by atoms with Gasteiger partial charge in [0.05, 0.1) is 12.2 Å². The molecule has 4 nitrogen and oxygen atoms in total. The zero-order chi connectivity index (χ0) is 17.6. The number of alkyl halides is 2. The fourth-order valence-corrected chi connectivity index (χ4v) is 2.71. The molecule has 0 atom stereocenters. The van der Waals surface area contributed by atoms with Gasteiger partial charge in [-0.3, -0.25) is 9.69 Å². The van der Waals surface area contributed by atoms with Crippen molar-refractivity contribution in [1.82, 2.24) is 4.90 Å². The van der Waals surface area contributed by atoms with Crippen molar-refractivity contribution in [1.29, 1.82) is 0 Å². The number of anilines is 1. The van der Waals surface area contributed by atoms with Gasteiger partial charge in [-0.25, -0.2) is 0 Å². The van der Waals surface area contributed by atoms with Gasteiger partial charge >= 0.3 is 6.61 Å². The maximum Gasteiger partial charge on any atom is 0.387 e. The standard InChI is InChI=1S/C19H20F2N2O2/c20-19(21)25-17-9-5-4-8-16(17)22-18(24)13-23(15-10-11-15)12-14-6-2-1-3-7-14/h1-9,15,19H,10-13H2,(H,22,24). The van der Waals surface area contributed by atoms with Crippen molar-refractivity contribution in [2.45, 2.75) is 32.0 Å². The number of ether oxygens (including phenoxy) is 1. The minimum atomic E-state index is -2.93. The number of hydrogen-bond donors (Lipinski definition) is 1. The summed E-state index contributed by atoms with van der Waals surface area (Å²) in [6.07, 6.45) is 2.15. The fraction of sp³-hybridized carbons (Fsp3) is 0.316. The van der Waals surface area contributed by atoms with Crippen LogP contribution in [0.2, 0.25) is 0 Å². The summed E-state index contributed by atoms with van der Waals surface area (Å²) >= 11 is 0. The minimum absolute atomic E-state index is 0.0353. The molecule has 6 heteroatoms. The Morgan fingerprint density at radius 1 is 1.12 bits per heavy atom. The van der Waals surface area contributed by atoms with Crippen LogP contribution in [0.3, 0.4) is 0 Å². The molecule has 2 aromatic rings. The molecule has 1 saturated carbocycles. The summed E-state index contributed by atoms with van der Waals surface area (Å²) in [6, 6.07) is 16.6. The van der Waals surface area contributed by atoms with Gasteiger partial charge in [-0.15, -0.1) is 0 Å². The van der Waals surface area contributed by atoms with E-state index in [-0.39, 0.29) is 23.9 Å². The average molecular weight is 346 g/mol. The highest BCUT2D eigenvalue weighted by Gasteiger charge is 2.30. The molecule has 1 aliphatic carbocycles. The lowest BCUT2D eigenvalue weighted by molar-refractivity contribution is -0.117. The van der Waals surface area contributed by atoms with Crippen LogP contribution >= 0.6 is 0 Å². The molecule has 132 valence electrons. The highest BCUT2D eigenvalue weighted by molar-refractivity contribution is 5.93. The second-order valence-corrected chi connectivity index (χ2v) is 6.04. The van der Waals surface area contributed by atoms with Crippen LogP contribution in [-0.2, 0) is 11.3 Å². The molecular weight excluding hydrogens is 326 g/mol. The molecule has 1 N–H and O–H groups in total. The highest BCUT2D eigenvalue weighted by Crippen LogP contribution is 2.29. The molecule has 1 amide bonds. The predicted molar refractivity (Wildman–Crippen MR) is 91.6 cm³/mol. The molecule has 0 saturated heterocycles. The van der Waals surface area contributed by atoms with E-state index in [1.807, 2.05) is 30.3 Å². The first-order valence-corrected chi connectivity index (χ1v) is 8.23. The van der Waals surface area contributed by atoms with Crippen molar-refractivity contribution in [3.63, 3.8) is 0 Å². The third-order valence-corrected chi connectivity index (χ3v) is 4.02. The van der Waals surface area contributed by atoms with Crippen LogP contribution in [0.5, 0.6) is 5.75 Å². The summed E-state index contributed by atoms with van der Waals surface area (Å²) in [5.41, 5.74) is 1.40. The number of nitrogens with zero attached hydrogens (tertiary/aromatic N) is 1. The van der Waals surface area contributed by atoms with Crippen LogP contribution in [0.25, 0.3) is 0 Å². The molecule has 2 aromatic carbocycles. The smallest absolute Gasteiger partial charge is 0.387 e. The summed E-state index contributed by atoms with van der Waals surface area (Å²) in [5, 5.41) is 2.68. The lowest BCUT2D eigenvalue weighted by Gasteiger charge is -2.22. The van der Waals surface area contributed by atoms with Crippen molar-refractivity contribution < 1.29 is 18.3 Å². The Hall–Kier alpha value is -2.47. The third kappa shape index (κ3) is 5.26. The molecular formula is C19H20F2N2O2. The molecule has 0 aromatic heterocycles. The Labute approximate surface area is 145 Å². The van der Waals surface area contributed by atoms with Gasteiger partial charge < -0.3 is 10.1 Å². The molecule has 25 heavy (non-hydrogen) atoms. The number of amides is 1. The zero-order valence-electron chi connectivity index (χ0n) is 13.7. The quantitative estimate of drug-likeness (QED) is 0.788. The maximum absolute atomic E-state index is 12.5. The third-order valence-electron chi connectivity index (χ3n) is 4.02. The summed E-state index contributed by atoms with van der Waals surface area (Å²) < 4.78 is 29.4. The minimum Gasteiger partial charge on any atom is -0.433 e. The van der Waals surface area contributed by atoms with Gasteiger partial charge in [0, 0.05) is 12.6 Å². The maximum atomic E-state index is 12.5. The van der Waals surface area contributed by atoms with Crippen LogP contribution in [-0.4, -0.2) is 30.0 Å². The largest absolute Gasteiger partial charge is 0.433 e. The lowest BCUT2D eigenvalue weighted by atomic mass is 10.2. The van der Waals surface area contributed by atoms with E-state index in [0.29, 0.717) is 12.6 Å². The molecule has 1 aliphatic rings. The van der Waals surface area contributed by atoms with E-state index in [9.17, 15) is 13.6 Å². The molecule has 0 bridgehead atoms. The number of halogens is 2. The van der Waals surface area contributed by atoms with E-state index >= 15 is 0 Å². The summed E-state index contributed by atoms with van der Waals surface area (Å²) in [5.74, 6) is -0.278. The molecule has 0 unspecified atom stereocenters. The van der Waals surface area contributed by atoms with E-state index in [0.717, 1.165) is 18.4 Å². The van der Waals surface area contributed by atoms with E-state index in [2.05, 4.69) is 15.0 Å². The first kappa shape index (κ1) is 17.4. The number of carbonyl (C=O) groups excluding carboxylic acids is 1. The van der Waals surface area contributed by atoms with E-state index in [1.165, 1.54) is 6.07 Å². The van der Waals surface area contributed by atoms with Crippen molar-refractivity contribution in [3.8, 4) is 5.75 Å². The summed E-state index contributed by atoms with van der Waals surface area (Å²) in [4.78, 5) is 14.5. The monoisotopic (exact) mass is 346 g/mol. The number of nitrogens with one attached hydrogen (secondary N) is 1. The van der Waals surface area contributed by atoms with Crippen molar-refractivity contribution >= 4 is 11.6 Å². The van der Waals surface area contributed by atoms with Crippen LogP contribution < -0.4 is 10.1 Å². The number of hydrogen-bond acceptors (Lipinski definition) is 3. The van der Waals surface area contributed by atoms with Crippen LogP contribution in [0, 0.1) is 0 Å². The number of benzene rings is 2. The number of para-hydroxylation sites is 2. The van der Waals surface area contributed by atoms with E-state index < -0.39 is 6.61 Å². The van der Waals surface area contributed by atoms with Gasteiger partial charge in [-0.05, 0) is 30.5 Å². The molecule has 0 spiro atoms.